The van der Waals surface area contributed by atoms with Crippen molar-refractivity contribution in [3.63, 3.8) is 0 Å². The van der Waals surface area contributed by atoms with Gasteiger partial charge in [-0.15, -0.1) is 0 Å². The van der Waals surface area contributed by atoms with Gasteiger partial charge in [-0.2, -0.15) is 5.26 Å². The first-order chi connectivity index (χ1) is 15.9. The summed E-state index contributed by atoms with van der Waals surface area (Å²) in [6.45, 7) is 10.0. The van der Waals surface area contributed by atoms with Gasteiger partial charge in [0.2, 0.25) is 0 Å². The molecule has 4 rings (SSSR count). The van der Waals surface area contributed by atoms with Crippen molar-refractivity contribution >= 4 is 11.9 Å². The molecule has 2 atom stereocenters. The monoisotopic (exact) mass is 448 g/mol. The average Bonchev–Trinajstić information content (AvgIpc) is 2.80. The van der Waals surface area contributed by atoms with E-state index in [0.717, 1.165) is 44.0 Å². The van der Waals surface area contributed by atoms with Gasteiger partial charge in [0.05, 0.1) is 24.0 Å². The Kier molecular flexibility index (Phi) is 7.09. The summed E-state index contributed by atoms with van der Waals surface area (Å²) in [6.07, 6.45) is 2.97. The molecule has 0 saturated carbocycles. The summed E-state index contributed by atoms with van der Waals surface area (Å²) in [5.41, 5.74) is 2.36. The van der Waals surface area contributed by atoms with Crippen molar-refractivity contribution in [3.8, 4) is 6.07 Å². The molecule has 174 valence electrons. The van der Waals surface area contributed by atoms with E-state index in [1.54, 1.807) is 0 Å². The molecule has 8 nitrogen and oxygen atoms in total. The molecule has 3 heterocycles. The number of carbonyl (C=O) groups excluding carboxylic acids is 1. The Morgan fingerprint density at radius 2 is 1.82 bits per heavy atom. The predicted octanol–water partition coefficient (Wildman–Crippen LogP) is 3.36. The third-order valence-electron chi connectivity index (χ3n) is 6.52. The van der Waals surface area contributed by atoms with Crippen molar-refractivity contribution in [3.05, 3.63) is 53.5 Å². The van der Waals surface area contributed by atoms with Crippen molar-refractivity contribution in [2.24, 2.45) is 0 Å². The number of hydrogen-bond donors (Lipinski definition) is 0. The molecule has 0 aliphatic carbocycles. The number of nitriles is 1. The molecule has 0 radical (unpaired) electrons. The number of hydrogen-bond acceptors (Lipinski definition) is 7. The summed E-state index contributed by atoms with van der Waals surface area (Å²) in [4.78, 5) is 28.2. The van der Waals surface area contributed by atoms with E-state index in [2.05, 4.69) is 44.0 Å². The van der Waals surface area contributed by atoms with Gasteiger partial charge in [0.1, 0.15) is 18.0 Å². The van der Waals surface area contributed by atoms with Gasteiger partial charge in [0.25, 0.3) is 0 Å². The van der Waals surface area contributed by atoms with Gasteiger partial charge in [-0.25, -0.2) is 14.8 Å². The van der Waals surface area contributed by atoms with Crippen LogP contribution in [0.15, 0.2) is 36.5 Å². The lowest BCUT2D eigenvalue weighted by atomic mass is 10.1. The largest absolute Gasteiger partial charge is 0.446 e. The molecule has 0 spiro atoms. The van der Waals surface area contributed by atoms with Crippen LogP contribution in [0.3, 0.4) is 0 Å². The summed E-state index contributed by atoms with van der Waals surface area (Å²) >= 11 is 0. The minimum atomic E-state index is -0.223. The maximum Gasteiger partial charge on any atom is 0.410 e. The molecule has 8 heteroatoms. The third-order valence-corrected chi connectivity index (χ3v) is 6.52. The van der Waals surface area contributed by atoms with Gasteiger partial charge in [-0.3, -0.25) is 9.80 Å². The molecule has 0 unspecified atom stereocenters. The van der Waals surface area contributed by atoms with Crippen LogP contribution < -0.4 is 4.90 Å². The summed E-state index contributed by atoms with van der Waals surface area (Å²) < 4.78 is 5.94. The lowest BCUT2D eigenvalue weighted by Crippen LogP contribution is -2.59. The molecule has 2 saturated heterocycles. The smallest absolute Gasteiger partial charge is 0.410 e. The Labute approximate surface area is 195 Å². The highest BCUT2D eigenvalue weighted by Gasteiger charge is 2.36. The van der Waals surface area contributed by atoms with E-state index in [-0.39, 0.29) is 24.3 Å². The van der Waals surface area contributed by atoms with E-state index in [4.69, 9.17) is 10.00 Å². The second kappa shape index (κ2) is 10.2. The molecule has 33 heavy (non-hydrogen) atoms. The summed E-state index contributed by atoms with van der Waals surface area (Å²) in [6, 6.07) is 12.5. The molecule has 1 aromatic heterocycles. The van der Waals surface area contributed by atoms with E-state index in [9.17, 15) is 4.79 Å². The molecule has 2 aliphatic rings. The topological polar surface area (TPSA) is 85.6 Å². The molecule has 0 N–H and O–H groups in total. The molecule has 0 bridgehead atoms. The van der Waals surface area contributed by atoms with Gasteiger partial charge in [0.15, 0.2) is 5.69 Å². The molecule has 1 aromatic carbocycles. The molecule has 2 aliphatic heterocycles. The van der Waals surface area contributed by atoms with Crippen LogP contribution in [0.25, 0.3) is 0 Å². The SMILES string of the molecule is Cc1nc(C#N)cnc1N1C[C@@H](C)N(C(=O)OC2CCN(Cc3ccccc3)CC2)[C@@H](C)C1. The summed E-state index contributed by atoms with van der Waals surface area (Å²) in [5, 5.41) is 9.03. The highest BCUT2D eigenvalue weighted by atomic mass is 16.6. The number of anilines is 1. The van der Waals surface area contributed by atoms with Crippen LogP contribution in [0.1, 0.15) is 43.6 Å². The maximum absolute atomic E-state index is 13.1. The van der Waals surface area contributed by atoms with Gasteiger partial charge in [0, 0.05) is 32.7 Å². The fourth-order valence-corrected chi connectivity index (χ4v) is 4.93. The standard InChI is InChI=1S/C25H32N6O2/c1-18-15-30(24-20(3)28-22(13-26)14-27-24)16-19(2)31(18)25(32)33-23-9-11-29(12-10-23)17-21-7-5-4-6-8-21/h4-8,14,18-19,23H,9-12,15-17H2,1-3H3/t18-,19+. The van der Waals surface area contributed by atoms with Gasteiger partial charge in [-0.05, 0) is 39.2 Å². The number of piperidine rings is 1. The van der Waals surface area contributed by atoms with Crippen LogP contribution in [-0.4, -0.2) is 70.2 Å². The van der Waals surface area contributed by atoms with Crippen LogP contribution in [-0.2, 0) is 11.3 Å². The van der Waals surface area contributed by atoms with E-state index in [1.165, 1.54) is 11.8 Å². The zero-order valence-corrected chi connectivity index (χ0v) is 19.6. The molecular formula is C25H32N6O2. The fraction of sp³-hybridized carbons (Fsp3) is 0.520. The quantitative estimate of drug-likeness (QED) is 0.709. The molecule has 2 fully saturated rings. The van der Waals surface area contributed by atoms with Crippen molar-refractivity contribution in [2.45, 2.75) is 58.3 Å². The summed E-state index contributed by atoms with van der Waals surface area (Å²) in [5.74, 6) is 0.770. The van der Waals surface area contributed by atoms with Crippen molar-refractivity contribution in [1.82, 2.24) is 19.8 Å². The van der Waals surface area contributed by atoms with E-state index in [1.807, 2.05) is 37.8 Å². The normalized spacial score (nSPS) is 22.1. The number of likely N-dealkylation sites (tertiary alicyclic amines) is 1. The van der Waals surface area contributed by atoms with Crippen LogP contribution in [0.5, 0.6) is 0 Å². The zero-order chi connectivity index (χ0) is 23.4. The minimum absolute atomic E-state index is 0.0173. The second-order valence-electron chi connectivity index (χ2n) is 9.13. The highest BCUT2D eigenvalue weighted by molar-refractivity contribution is 5.69. The first kappa shape index (κ1) is 23.0. The van der Waals surface area contributed by atoms with E-state index in [0.29, 0.717) is 18.8 Å². The number of aromatic nitrogens is 2. The third kappa shape index (κ3) is 5.42. The Balaban J connectivity index is 1.30. The van der Waals surface area contributed by atoms with Gasteiger partial charge in [-0.1, -0.05) is 30.3 Å². The van der Waals surface area contributed by atoms with E-state index >= 15 is 0 Å². The maximum atomic E-state index is 13.1. The number of piperazine rings is 1. The van der Waals surface area contributed by atoms with Crippen LogP contribution in [0, 0.1) is 18.3 Å². The predicted molar refractivity (Wildman–Crippen MR) is 126 cm³/mol. The lowest BCUT2D eigenvalue weighted by Gasteiger charge is -2.45. The lowest BCUT2D eigenvalue weighted by molar-refractivity contribution is 0.0100. The van der Waals surface area contributed by atoms with Crippen LogP contribution in [0.2, 0.25) is 0 Å². The molecule has 2 aromatic rings. The molecule has 1 amide bonds. The Hall–Kier alpha value is -3.18. The van der Waals surface area contributed by atoms with Crippen molar-refractivity contribution in [2.75, 3.05) is 31.1 Å². The second-order valence-corrected chi connectivity index (χ2v) is 9.13. The molecular weight excluding hydrogens is 416 g/mol. The van der Waals surface area contributed by atoms with E-state index < -0.39 is 0 Å². The van der Waals surface area contributed by atoms with Crippen molar-refractivity contribution < 1.29 is 9.53 Å². The fourth-order valence-electron chi connectivity index (χ4n) is 4.93. The summed E-state index contributed by atoms with van der Waals surface area (Å²) in [7, 11) is 0. The number of nitrogens with zero attached hydrogens (tertiary/aromatic N) is 6. The van der Waals surface area contributed by atoms with Gasteiger partial charge >= 0.3 is 6.09 Å². The number of benzene rings is 1. The van der Waals surface area contributed by atoms with Crippen molar-refractivity contribution in [1.29, 1.82) is 5.26 Å². The Morgan fingerprint density at radius 1 is 1.15 bits per heavy atom. The Bertz CT molecular complexity index is 988. The zero-order valence-electron chi connectivity index (χ0n) is 19.6. The number of aryl methyl sites for hydroxylation is 1. The first-order valence-electron chi connectivity index (χ1n) is 11.7. The average molecular weight is 449 g/mol. The number of rotatable bonds is 4. The number of ether oxygens (including phenoxy) is 1. The van der Waals surface area contributed by atoms with Gasteiger partial charge < -0.3 is 9.64 Å². The minimum Gasteiger partial charge on any atom is -0.446 e. The number of amides is 1. The van der Waals surface area contributed by atoms with Crippen LogP contribution in [0.4, 0.5) is 10.6 Å². The number of carbonyl (C=O) groups is 1. The highest BCUT2D eigenvalue weighted by Crippen LogP contribution is 2.25. The first-order valence-corrected chi connectivity index (χ1v) is 11.7. The Morgan fingerprint density at radius 3 is 2.42 bits per heavy atom. The van der Waals surface area contributed by atoms with Crippen LogP contribution >= 0.6 is 0 Å².